The molecule has 1 amide bonds. The second-order valence-corrected chi connectivity index (χ2v) is 5.59. The number of hydrogen-bond donors (Lipinski definition) is 1. The molecule has 0 aliphatic carbocycles. The first-order valence-electron chi connectivity index (χ1n) is 7.19. The zero-order valence-corrected chi connectivity index (χ0v) is 12.3. The fraction of sp³-hybridized carbons (Fsp3) is 0.438. The van der Waals surface area contributed by atoms with Crippen LogP contribution in [-0.2, 0) is 4.79 Å². The number of piperidine rings is 1. The van der Waals surface area contributed by atoms with Crippen LogP contribution in [0.4, 0.5) is 13.2 Å². The number of allylic oxidation sites excluding steroid dienone is 1. The van der Waals surface area contributed by atoms with Crippen LogP contribution in [0.15, 0.2) is 36.4 Å². The van der Waals surface area contributed by atoms with Crippen LogP contribution in [-0.4, -0.2) is 35.6 Å². The van der Waals surface area contributed by atoms with E-state index in [2.05, 4.69) is 0 Å². The molecule has 3 nitrogen and oxygen atoms in total. The van der Waals surface area contributed by atoms with E-state index in [0.717, 1.165) is 0 Å². The van der Waals surface area contributed by atoms with E-state index < -0.39 is 17.7 Å². The second kappa shape index (κ2) is 6.52. The summed E-state index contributed by atoms with van der Waals surface area (Å²) in [6, 6.07) is 7.21. The molecule has 2 rings (SSSR count). The van der Waals surface area contributed by atoms with Crippen molar-refractivity contribution in [3.8, 4) is 0 Å². The van der Waals surface area contributed by atoms with Crippen molar-refractivity contribution >= 4 is 11.5 Å². The summed E-state index contributed by atoms with van der Waals surface area (Å²) in [6.45, 7) is 2.19. The van der Waals surface area contributed by atoms with Gasteiger partial charge in [-0.1, -0.05) is 30.3 Å². The first kappa shape index (κ1) is 16.5. The predicted molar refractivity (Wildman–Crippen MR) is 78.9 cm³/mol. The molecule has 2 unspecified atom stereocenters. The van der Waals surface area contributed by atoms with Gasteiger partial charge in [0.25, 0.3) is 0 Å². The Morgan fingerprint density at radius 1 is 1.32 bits per heavy atom. The van der Waals surface area contributed by atoms with E-state index in [9.17, 15) is 18.0 Å². The highest BCUT2D eigenvalue weighted by Gasteiger charge is 2.36. The minimum absolute atomic E-state index is 0.000704. The Balaban J connectivity index is 2.28. The van der Waals surface area contributed by atoms with Gasteiger partial charge in [0.15, 0.2) is 0 Å². The molecule has 1 heterocycles. The van der Waals surface area contributed by atoms with Crippen LogP contribution in [0.25, 0.3) is 5.57 Å². The van der Waals surface area contributed by atoms with Crippen LogP contribution in [0.5, 0.6) is 0 Å². The van der Waals surface area contributed by atoms with Crippen LogP contribution in [0, 0.1) is 0 Å². The lowest BCUT2D eigenvalue weighted by Crippen LogP contribution is -2.48. The van der Waals surface area contributed by atoms with Gasteiger partial charge in [-0.2, -0.15) is 13.2 Å². The average Bonchev–Trinajstić information content (AvgIpc) is 2.44. The molecule has 22 heavy (non-hydrogen) atoms. The van der Waals surface area contributed by atoms with Gasteiger partial charge in [0.2, 0.25) is 5.91 Å². The summed E-state index contributed by atoms with van der Waals surface area (Å²) >= 11 is 0. The molecule has 1 aromatic rings. The number of rotatable bonds is 2. The van der Waals surface area contributed by atoms with E-state index in [1.807, 2.05) is 0 Å². The summed E-state index contributed by atoms with van der Waals surface area (Å²) in [5, 5.41) is 0. The Hall–Kier alpha value is -1.82. The number of nitrogens with zero attached hydrogens (tertiary/aromatic N) is 1. The summed E-state index contributed by atoms with van der Waals surface area (Å²) < 4.78 is 39.7. The molecule has 0 aromatic heterocycles. The van der Waals surface area contributed by atoms with Gasteiger partial charge in [-0.3, -0.25) is 4.79 Å². The normalized spacial score (nSPS) is 23.5. The van der Waals surface area contributed by atoms with Gasteiger partial charge in [0, 0.05) is 24.7 Å². The summed E-state index contributed by atoms with van der Waals surface area (Å²) in [6.07, 6.45) is -2.67. The van der Waals surface area contributed by atoms with E-state index in [4.69, 9.17) is 5.73 Å². The van der Waals surface area contributed by atoms with Crippen molar-refractivity contribution in [2.24, 2.45) is 5.73 Å². The molecule has 1 fully saturated rings. The van der Waals surface area contributed by atoms with Crippen molar-refractivity contribution in [3.63, 3.8) is 0 Å². The Labute approximate surface area is 127 Å². The molecule has 2 atom stereocenters. The van der Waals surface area contributed by atoms with Gasteiger partial charge in [0.05, 0.1) is 5.57 Å². The van der Waals surface area contributed by atoms with E-state index in [1.54, 1.807) is 13.0 Å². The number of alkyl halides is 3. The lowest BCUT2D eigenvalue weighted by molar-refractivity contribution is -0.129. The zero-order valence-electron chi connectivity index (χ0n) is 12.3. The van der Waals surface area contributed by atoms with Crippen LogP contribution < -0.4 is 5.73 Å². The van der Waals surface area contributed by atoms with Gasteiger partial charge in [0.1, 0.15) is 0 Å². The van der Waals surface area contributed by atoms with Gasteiger partial charge in [-0.15, -0.1) is 0 Å². The highest BCUT2D eigenvalue weighted by Crippen LogP contribution is 2.34. The molecule has 1 aliphatic heterocycles. The molecule has 6 heteroatoms. The molecular weight excluding hydrogens is 293 g/mol. The summed E-state index contributed by atoms with van der Waals surface area (Å²) in [4.78, 5) is 13.7. The maximum Gasteiger partial charge on any atom is 0.417 e. The van der Waals surface area contributed by atoms with Crippen LogP contribution in [0.3, 0.4) is 0 Å². The number of halogens is 3. The number of benzene rings is 1. The first-order chi connectivity index (χ1) is 10.3. The molecule has 0 spiro atoms. The number of nitrogens with two attached hydrogens (primary N) is 1. The minimum atomic E-state index is -4.58. The first-order valence-corrected chi connectivity index (χ1v) is 7.19. The van der Waals surface area contributed by atoms with Crippen LogP contribution in [0.1, 0.15) is 25.3 Å². The van der Waals surface area contributed by atoms with Gasteiger partial charge >= 0.3 is 6.18 Å². The van der Waals surface area contributed by atoms with Crippen molar-refractivity contribution in [2.75, 3.05) is 6.54 Å². The zero-order chi connectivity index (χ0) is 16.3. The third-order valence-electron chi connectivity index (χ3n) is 3.86. The molecule has 1 aliphatic rings. The van der Waals surface area contributed by atoms with E-state index >= 15 is 0 Å². The Bertz CT molecular complexity index is 554. The second-order valence-electron chi connectivity index (χ2n) is 5.59. The summed E-state index contributed by atoms with van der Waals surface area (Å²) in [5.74, 6) is -0.615. The Morgan fingerprint density at radius 2 is 1.95 bits per heavy atom. The van der Waals surface area contributed by atoms with Crippen molar-refractivity contribution in [3.05, 3.63) is 42.0 Å². The number of carbonyl (C=O) groups excluding carboxylic acids is 1. The van der Waals surface area contributed by atoms with Gasteiger partial charge in [-0.25, -0.2) is 0 Å². The maximum absolute atomic E-state index is 13.2. The number of hydrogen-bond acceptors (Lipinski definition) is 2. The summed E-state index contributed by atoms with van der Waals surface area (Å²) in [5.41, 5.74) is 4.89. The minimum Gasteiger partial charge on any atom is -0.336 e. The lowest BCUT2D eigenvalue weighted by Gasteiger charge is -2.36. The van der Waals surface area contributed by atoms with Gasteiger partial charge < -0.3 is 10.6 Å². The van der Waals surface area contributed by atoms with Crippen molar-refractivity contribution < 1.29 is 18.0 Å². The molecule has 2 N–H and O–H groups in total. The molecular formula is C16H19F3N2O. The predicted octanol–water partition coefficient (Wildman–Crippen LogP) is 2.97. The molecule has 120 valence electrons. The Kier molecular flexibility index (Phi) is 4.90. The average molecular weight is 312 g/mol. The fourth-order valence-corrected chi connectivity index (χ4v) is 2.69. The van der Waals surface area contributed by atoms with Crippen molar-refractivity contribution in [2.45, 2.75) is 38.0 Å². The Morgan fingerprint density at radius 3 is 2.50 bits per heavy atom. The molecule has 1 aromatic carbocycles. The molecule has 0 radical (unpaired) electrons. The number of amides is 1. The monoisotopic (exact) mass is 312 g/mol. The highest BCUT2D eigenvalue weighted by molar-refractivity contribution is 5.96. The molecule has 1 saturated heterocycles. The largest absolute Gasteiger partial charge is 0.417 e. The lowest BCUT2D eigenvalue weighted by atomic mass is 9.98. The van der Waals surface area contributed by atoms with Crippen LogP contribution >= 0.6 is 0 Å². The number of likely N-dealkylation sites (tertiary alicyclic amines) is 1. The third kappa shape index (κ3) is 3.88. The van der Waals surface area contributed by atoms with Crippen LogP contribution in [0.2, 0.25) is 0 Å². The van der Waals surface area contributed by atoms with Gasteiger partial charge in [-0.05, 0) is 25.3 Å². The standard InChI is InChI=1S/C16H19F3N2O/c1-11-9-13(20)7-8-21(11)15(22)10-14(16(17,18)19)12-5-3-2-4-6-12/h2-6,10-11,13H,7-9,20H2,1H3. The van der Waals surface area contributed by atoms with E-state index in [-0.39, 0.29) is 17.6 Å². The fourth-order valence-electron chi connectivity index (χ4n) is 2.69. The van der Waals surface area contributed by atoms with E-state index in [1.165, 1.54) is 29.2 Å². The highest BCUT2D eigenvalue weighted by atomic mass is 19.4. The molecule has 0 bridgehead atoms. The topological polar surface area (TPSA) is 46.3 Å². The number of carbonyl (C=O) groups is 1. The SMILES string of the molecule is CC1CC(N)CCN1C(=O)C=C(c1ccccc1)C(F)(F)F. The van der Waals surface area contributed by atoms with Crippen molar-refractivity contribution in [1.82, 2.24) is 4.90 Å². The molecule has 0 saturated carbocycles. The summed E-state index contributed by atoms with van der Waals surface area (Å²) in [7, 11) is 0. The maximum atomic E-state index is 13.2. The smallest absolute Gasteiger partial charge is 0.336 e. The van der Waals surface area contributed by atoms with E-state index in [0.29, 0.717) is 25.5 Å². The van der Waals surface area contributed by atoms with Crippen molar-refractivity contribution in [1.29, 1.82) is 0 Å². The third-order valence-corrected chi connectivity index (χ3v) is 3.86. The quantitative estimate of drug-likeness (QED) is 0.853.